The normalized spacial score (nSPS) is 10.1. The zero-order chi connectivity index (χ0) is 15.4. The number of ketones is 2. The first-order valence-corrected chi connectivity index (χ1v) is 8.10. The number of thioether (sulfide) groups is 1. The number of carbonyl (C=O) groups excluding carboxylic acids is 2. The van der Waals surface area contributed by atoms with Crippen LogP contribution >= 0.6 is 23.1 Å². The molecular weight excluding hydrogens is 302 g/mol. The molecule has 0 aliphatic carbocycles. The van der Waals surface area contributed by atoms with Crippen LogP contribution < -0.4 is 0 Å². The molecule has 0 aliphatic rings. The van der Waals surface area contributed by atoms with E-state index in [1.807, 2.05) is 30.3 Å². The van der Waals surface area contributed by atoms with Crippen LogP contribution in [0.1, 0.15) is 29.1 Å². The number of rotatable bonds is 5. The highest BCUT2D eigenvalue weighted by atomic mass is 32.2. The van der Waals surface area contributed by atoms with Crippen molar-refractivity contribution in [2.75, 3.05) is 5.75 Å². The van der Waals surface area contributed by atoms with E-state index in [9.17, 15) is 14.9 Å². The van der Waals surface area contributed by atoms with Crippen LogP contribution in [0.5, 0.6) is 0 Å². The minimum Gasteiger partial charge on any atom is -0.299 e. The molecule has 1 aromatic heterocycles. The Balaban J connectivity index is 2.59. The molecule has 0 aliphatic heterocycles. The summed E-state index contributed by atoms with van der Waals surface area (Å²) in [7, 11) is 0. The van der Waals surface area contributed by atoms with Gasteiger partial charge < -0.3 is 0 Å². The molecule has 5 heteroatoms. The summed E-state index contributed by atoms with van der Waals surface area (Å²) in [5, 5.41) is 9.47. The van der Waals surface area contributed by atoms with E-state index in [0.29, 0.717) is 21.8 Å². The van der Waals surface area contributed by atoms with Crippen molar-refractivity contribution < 1.29 is 9.59 Å². The molecule has 1 aromatic carbocycles. The van der Waals surface area contributed by atoms with E-state index >= 15 is 0 Å². The number of carbonyl (C=O) groups is 2. The molecule has 106 valence electrons. The Bertz CT molecular complexity index is 727. The monoisotopic (exact) mass is 315 g/mol. The lowest BCUT2D eigenvalue weighted by Gasteiger charge is -2.02. The predicted molar refractivity (Wildman–Crippen MR) is 85.9 cm³/mol. The largest absolute Gasteiger partial charge is 0.299 e. The molecule has 21 heavy (non-hydrogen) atoms. The molecule has 0 amide bonds. The van der Waals surface area contributed by atoms with Crippen LogP contribution in [0.3, 0.4) is 0 Å². The highest BCUT2D eigenvalue weighted by molar-refractivity contribution is 8.01. The fourth-order valence-corrected chi connectivity index (χ4v) is 4.10. The van der Waals surface area contributed by atoms with Crippen molar-refractivity contribution >= 4 is 34.7 Å². The van der Waals surface area contributed by atoms with Gasteiger partial charge in [0.2, 0.25) is 0 Å². The summed E-state index contributed by atoms with van der Waals surface area (Å²) in [6.45, 7) is 3.01. The highest BCUT2D eigenvalue weighted by Gasteiger charge is 2.22. The second-order valence-corrected chi connectivity index (χ2v) is 6.76. The van der Waals surface area contributed by atoms with E-state index in [4.69, 9.17) is 0 Å². The standard InChI is InChI=1S/C16H13NO2S2/c1-10(18)9-20-16-13(8-17)14(15(21-16)11(2)19)12-6-4-3-5-7-12/h3-7H,9H2,1-2H3. The molecule has 0 fully saturated rings. The summed E-state index contributed by atoms with van der Waals surface area (Å²) in [4.78, 5) is 23.6. The maximum atomic E-state index is 11.9. The summed E-state index contributed by atoms with van der Waals surface area (Å²) in [5.41, 5.74) is 2.02. The van der Waals surface area contributed by atoms with Gasteiger partial charge >= 0.3 is 0 Å². The first-order valence-electron chi connectivity index (χ1n) is 6.30. The third-order valence-corrected chi connectivity index (χ3v) is 5.48. The summed E-state index contributed by atoms with van der Waals surface area (Å²) in [6, 6.07) is 11.6. The maximum Gasteiger partial charge on any atom is 0.170 e. The van der Waals surface area contributed by atoms with E-state index in [1.165, 1.54) is 36.9 Å². The van der Waals surface area contributed by atoms with Gasteiger partial charge in [-0.1, -0.05) is 30.3 Å². The van der Waals surface area contributed by atoms with Crippen LogP contribution in [0.25, 0.3) is 11.1 Å². The van der Waals surface area contributed by atoms with Crippen molar-refractivity contribution in [3.8, 4) is 17.2 Å². The van der Waals surface area contributed by atoms with E-state index in [1.54, 1.807) is 0 Å². The topological polar surface area (TPSA) is 57.9 Å². The Morgan fingerprint density at radius 2 is 1.90 bits per heavy atom. The van der Waals surface area contributed by atoms with Crippen molar-refractivity contribution in [3.05, 3.63) is 40.8 Å². The van der Waals surface area contributed by atoms with Gasteiger partial charge in [0.25, 0.3) is 0 Å². The van der Waals surface area contributed by atoms with Crippen molar-refractivity contribution in [3.63, 3.8) is 0 Å². The lowest BCUT2D eigenvalue weighted by atomic mass is 10.0. The first kappa shape index (κ1) is 15.5. The molecule has 0 radical (unpaired) electrons. The number of benzene rings is 1. The first-order chi connectivity index (χ1) is 10.0. The molecule has 2 aromatic rings. The maximum absolute atomic E-state index is 11.9. The molecule has 0 N–H and O–H groups in total. The molecule has 0 spiro atoms. The second kappa shape index (κ2) is 6.70. The van der Waals surface area contributed by atoms with E-state index in [-0.39, 0.29) is 11.6 Å². The van der Waals surface area contributed by atoms with Crippen molar-refractivity contribution in [2.45, 2.75) is 18.1 Å². The molecule has 0 atom stereocenters. The van der Waals surface area contributed by atoms with Gasteiger partial charge in [0, 0.05) is 5.56 Å². The van der Waals surface area contributed by atoms with Crippen LogP contribution in [-0.2, 0) is 4.79 Å². The second-order valence-electron chi connectivity index (χ2n) is 4.49. The van der Waals surface area contributed by atoms with Gasteiger partial charge in [0.1, 0.15) is 11.9 Å². The third kappa shape index (κ3) is 3.41. The SMILES string of the molecule is CC(=O)CSc1sc(C(C)=O)c(-c2ccccc2)c1C#N. The minimum absolute atomic E-state index is 0.0444. The van der Waals surface area contributed by atoms with Crippen LogP contribution in [0.2, 0.25) is 0 Å². The average molecular weight is 315 g/mol. The molecular formula is C16H13NO2S2. The lowest BCUT2D eigenvalue weighted by molar-refractivity contribution is -0.114. The molecule has 1 heterocycles. The van der Waals surface area contributed by atoms with Crippen LogP contribution in [0, 0.1) is 11.3 Å². The molecule has 0 saturated heterocycles. The fourth-order valence-electron chi connectivity index (χ4n) is 1.91. The zero-order valence-electron chi connectivity index (χ0n) is 11.7. The van der Waals surface area contributed by atoms with Gasteiger partial charge in [-0.3, -0.25) is 9.59 Å². The Morgan fingerprint density at radius 3 is 2.43 bits per heavy atom. The summed E-state index contributed by atoms with van der Waals surface area (Å²) >= 11 is 2.62. The van der Waals surface area contributed by atoms with E-state index in [2.05, 4.69) is 6.07 Å². The molecule has 0 saturated carbocycles. The van der Waals surface area contributed by atoms with E-state index in [0.717, 1.165) is 9.77 Å². The van der Waals surface area contributed by atoms with Gasteiger partial charge in [-0.2, -0.15) is 5.26 Å². The quantitative estimate of drug-likeness (QED) is 0.614. The number of hydrogen-bond acceptors (Lipinski definition) is 5. The number of Topliss-reactive ketones (excluding diaryl/α,β-unsaturated/α-hetero) is 2. The van der Waals surface area contributed by atoms with Crippen molar-refractivity contribution in [2.24, 2.45) is 0 Å². The number of nitriles is 1. The highest BCUT2D eigenvalue weighted by Crippen LogP contribution is 2.41. The Labute approximate surface area is 131 Å². The van der Waals surface area contributed by atoms with Crippen molar-refractivity contribution in [1.29, 1.82) is 5.26 Å². The van der Waals surface area contributed by atoms with Gasteiger partial charge in [-0.15, -0.1) is 23.1 Å². The summed E-state index contributed by atoms with van der Waals surface area (Å²) < 4.78 is 0.733. The Hall–Kier alpha value is -1.90. The predicted octanol–water partition coefficient (Wildman–Crippen LogP) is 4.17. The van der Waals surface area contributed by atoms with Crippen LogP contribution in [0.4, 0.5) is 0 Å². The Kier molecular flexibility index (Phi) is 4.94. The van der Waals surface area contributed by atoms with Crippen LogP contribution in [0.15, 0.2) is 34.5 Å². The zero-order valence-corrected chi connectivity index (χ0v) is 13.3. The molecule has 0 unspecified atom stereocenters. The van der Waals surface area contributed by atoms with Gasteiger partial charge in [-0.05, 0) is 19.4 Å². The molecule has 3 nitrogen and oxygen atoms in total. The van der Waals surface area contributed by atoms with Crippen molar-refractivity contribution in [1.82, 2.24) is 0 Å². The van der Waals surface area contributed by atoms with Gasteiger partial charge in [0.15, 0.2) is 5.78 Å². The summed E-state index contributed by atoms with van der Waals surface area (Å²) in [5.74, 6) is 0.286. The lowest BCUT2D eigenvalue weighted by Crippen LogP contribution is -1.93. The van der Waals surface area contributed by atoms with Gasteiger partial charge in [0.05, 0.1) is 20.4 Å². The number of nitrogens with zero attached hydrogens (tertiary/aromatic N) is 1. The fraction of sp³-hybridized carbons (Fsp3) is 0.188. The summed E-state index contributed by atoms with van der Waals surface area (Å²) in [6.07, 6.45) is 0. The number of thiophene rings is 1. The average Bonchev–Trinajstić information content (AvgIpc) is 2.84. The third-order valence-electron chi connectivity index (χ3n) is 2.78. The van der Waals surface area contributed by atoms with Crippen LogP contribution in [-0.4, -0.2) is 17.3 Å². The van der Waals surface area contributed by atoms with Gasteiger partial charge in [-0.25, -0.2) is 0 Å². The van der Waals surface area contributed by atoms with E-state index < -0.39 is 0 Å². The molecule has 0 bridgehead atoms. The minimum atomic E-state index is -0.0648. The Morgan fingerprint density at radius 1 is 1.24 bits per heavy atom. The number of hydrogen-bond donors (Lipinski definition) is 0. The smallest absolute Gasteiger partial charge is 0.170 e. The molecule has 2 rings (SSSR count).